The Hall–Kier alpha value is -2.12. The van der Waals surface area contributed by atoms with Crippen LogP contribution in [0.3, 0.4) is 0 Å². The highest BCUT2D eigenvalue weighted by Gasteiger charge is 2.36. The van der Waals surface area contributed by atoms with E-state index in [1.54, 1.807) is 0 Å². The molecule has 2 fully saturated rings. The van der Waals surface area contributed by atoms with Gasteiger partial charge in [0.05, 0.1) is 5.56 Å². The van der Waals surface area contributed by atoms with Gasteiger partial charge in [0.25, 0.3) is 11.9 Å². The number of carbonyl (C=O) groups is 1. The molecule has 2 saturated heterocycles. The van der Waals surface area contributed by atoms with Gasteiger partial charge in [-0.05, 0) is 59.0 Å². The van der Waals surface area contributed by atoms with Gasteiger partial charge < -0.3 is 24.9 Å². The first-order valence-corrected chi connectivity index (χ1v) is 10.3. The van der Waals surface area contributed by atoms with Gasteiger partial charge in [0.2, 0.25) is 0 Å². The van der Waals surface area contributed by atoms with Crippen LogP contribution in [0.1, 0.15) is 42.5 Å². The molecule has 2 aliphatic rings. The van der Waals surface area contributed by atoms with Crippen molar-refractivity contribution in [3.8, 4) is 0 Å². The molecule has 0 spiro atoms. The highest BCUT2D eigenvalue weighted by atomic mass is 16.4. The molecule has 0 radical (unpaired) electrons. The maximum atomic E-state index is 13.0. The molecule has 7 nitrogen and oxygen atoms in total. The topological polar surface area (TPSA) is 73.6 Å². The second kappa shape index (κ2) is 8.09. The van der Waals surface area contributed by atoms with E-state index >= 15 is 0 Å². The van der Waals surface area contributed by atoms with Gasteiger partial charge >= 0.3 is 0 Å². The quantitative estimate of drug-likeness (QED) is 0.796. The largest absolute Gasteiger partial charge is 0.424 e. The molecule has 4 rings (SSSR count). The number of amides is 1. The maximum Gasteiger partial charge on any atom is 0.295 e. The van der Waals surface area contributed by atoms with Crippen LogP contribution < -0.4 is 10.6 Å². The molecule has 28 heavy (non-hydrogen) atoms. The van der Waals surface area contributed by atoms with E-state index in [9.17, 15) is 4.79 Å². The number of nitrogens with one attached hydrogen (secondary N) is 2. The maximum absolute atomic E-state index is 13.0. The molecule has 0 aliphatic carbocycles. The predicted octanol–water partition coefficient (Wildman–Crippen LogP) is 2.55. The molecule has 1 aromatic heterocycles. The van der Waals surface area contributed by atoms with Crippen LogP contribution in [-0.2, 0) is 0 Å². The zero-order valence-corrected chi connectivity index (χ0v) is 17.1. The lowest BCUT2D eigenvalue weighted by atomic mass is 9.82. The third-order valence-corrected chi connectivity index (χ3v) is 6.17. The molecule has 2 N–H and O–H groups in total. The lowest BCUT2D eigenvalue weighted by Crippen LogP contribution is -2.55. The molecule has 1 amide bonds. The molecule has 2 atom stereocenters. The number of nitrogens with zero attached hydrogens (tertiary/aromatic N) is 3. The van der Waals surface area contributed by atoms with Crippen molar-refractivity contribution in [3.05, 3.63) is 23.8 Å². The van der Waals surface area contributed by atoms with Gasteiger partial charge in [0.15, 0.2) is 5.58 Å². The molecular weight excluding hydrogens is 354 g/mol. The minimum Gasteiger partial charge on any atom is -0.424 e. The Morgan fingerprint density at radius 3 is 2.75 bits per heavy atom. The number of anilines is 1. The van der Waals surface area contributed by atoms with E-state index in [-0.39, 0.29) is 11.9 Å². The predicted molar refractivity (Wildman–Crippen MR) is 111 cm³/mol. The summed E-state index contributed by atoms with van der Waals surface area (Å²) in [4.78, 5) is 22.1. The molecule has 2 bridgehead atoms. The Labute approximate surface area is 166 Å². The van der Waals surface area contributed by atoms with Crippen molar-refractivity contribution < 1.29 is 9.21 Å². The summed E-state index contributed by atoms with van der Waals surface area (Å²) in [7, 11) is 6.27. The summed E-state index contributed by atoms with van der Waals surface area (Å²) in [6.07, 6.45) is 5.85. The normalized spacial score (nSPS) is 25.2. The number of piperidine rings is 2. The Morgan fingerprint density at radius 1 is 1.29 bits per heavy atom. The van der Waals surface area contributed by atoms with Gasteiger partial charge in [-0.3, -0.25) is 4.79 Å². The lowest BCUT2D eigenvalue weighted by molar-refractivity contribution is 0.0463. The molecule has 0 saturated carbocycles. The Balaban J connectivity index is 1.46. The number of fused-ring (bicyclic) bond motifs is 3. The van der Waals surface area contributed by atoms with Gasteiger partial charge in [0, 0.05) is 31.2 Å². The first kappa shape index (κ1) is 19.2. The summed E-state index contributed by atoms with van der Waals surface area (Å²) in [6.45, 7) is 1.62. The van der Waals surface area contributed by atoms with Crippen LogP contribution in [0.5, 0.6) is 0 Å². The van der Waals surface area contributed by atoms with Crippen LogP contribution in [0.2, 0.25) is 0 Å². The molecule has 3 heterocycles. The third-order valence-electron chi connectivity index (χ3n) is 6.17. The van der Waals surface area contributed by atoms with Crippen LogP contribution >= 0.6 is 0 Å². The van der Waals surface area contributed by atoms with Gasteiger partial charge in [-0.25, -0.2) is 0 Å². The van der Waals surface area contributed by atoms with Crippen molar-refractivity contribution >= 4 is 23.0 Å². The number of aromatic nitrogens is 1. The van der Waals surface area contributed by atoms with E-state index in [1.165, 1.54) is 19.3 Å². The monoisotopic (exact) mass is 385 g/mol. The van der Waals surface area contributed by atoms with E-state index < -0.39 is 0 Å². The molecular formula is C21H31N5O2. The number of hydrogen-bond donors (Lipinski definition) is 2. The summed E-state index contributed by atoms with van der Waals surface area (Å²) in [6, 6.07) is 7.43. The highest BCUT2D eigenvalue weighted by Crippen LogP contribution is 2.33. The average molecular weight is 386 g/mol. The summed E-state index contributed by atoms with van der Waals surface area (Å²) in [5.74, 6) is -0.0497. The van der Waals surface area contributed by atoms with Crippen molar-refractivity contribution in [1.82, 2.24) is 20.1 Å². The SMILES string of the molecule is CN(C)CCNc1nc2c(C(=O)NC3CC4CCCC(C3)N4C)cccc2o1. The Kier molecular flexibility index (Phi) is 5.55. The Morgan fingerprint density at radius 2 is 2.04 bits per heavy atom. The number of rotatable bonds is 6. The molecule has 1 aromatic carbocycles. The van der Waals surface area contributed by atoms with Crippen LogP contribution in [0.25, 0.3) is 11.1 Å². The second-order valence-corrected chi connectivity index (χ2v) is 8.45. The molecule has 7 heteroatoms. The zero-order valence-electron chi connectivity index (χ0n) is 17.1. The van der Waals surface area contributed by atoms with Crippen LogP contribution in [0.4, 0.5) is 6.01 Å². The summed E-state index contributed by atoms with van der Waals surface area (Å²) in [5, 5.41) is 6.46. The van der Waals surface area contributed by atoms with E-state index in [0.29, 0.717) is 34.8 Å². The summed E-state index contributed by atoms with van der Waals surface area (Å²) < 4.78 is 5.78. The first-order chi connectivity index (χ1) is 13.5. The van der Waals surface area contributed by atoms with Crippen molar-refractivity contribution in [2.75, 3.05) is 39.5 Å². The Bertz CT molecular complexity index is 819. The fraction of sp³-hybridized carbons (Fsp3) is 0.619. The minimum absolute atomic E-state index is 0.0497. The number of hydrogen-bond acceptors (Lipinski definition) is 6. The zero-order chi connectivity index (χ0) is 19.7. The highest BCUT2D eigenvalue weighted by molar-refractivity contribution is 6.04. The fourth-order valence-electron chi connectivity index (χ4n) is 4.59. The van der Waals surface area contributed by atoms with E-state index in [2.05, 4.69) is 32.5 Å². The van der Waals surface area contributed by atoms with Crippen LogP contribution in [0, 0.1) is 0 Å². The van der Waals surface area contributed by atoms with Crippen molar-refractivity contribution in [1.29, 1.82) is 0 Å². The minimum atomic E-state index is -0.0497. The standard InChI is InChI=1S/C21H31N5O2/c1-25(2)11-10-22-21-24-19-17(8-5-9-18(19)28-21)20(27)23-14-12-15-6-4-7-16(13-14)26(15)3/h5,8-9,14-16H,4,6-7,10-13H2,1-3H3,(H,22,24)(H,23,27). The van der Waals surface area contributed by atoms with Crippen molar-refractivity contribution in [2.45, 2.75) is 50.2 Å². The number of oxazole rings is 1. The lowest BCUT2D eigenvalue weighted by Gasteiger charge is -2.47. The van der Waals surface area contributed by atoms with Gasteiger partial charge in [-0.15, -0.1) is 0 Å². The number of benzene rings is 1. The third kappa shape index (κ3) is 4.00. The smallest absolute Gasteiger partial charge is 0.295 e. The number of carbonyl (C=O) groups excluding carboxylic acids is 1. The molecule has 2 aliphatic heterocycles. The van der Waals surface area contributed by atoms with Gasteiger partial charge in [0.1, 0.15) is 5.52 Å². The fourth-order valence-corrected chi connectivity index (χ4v) is 4.59. The molecule has 152 valence electrons. The summed E-state index contributed by atoms with van der Waals surface area (Å²) in [5.41, 5.74) is 1.85. The van der Waals surface area contributed by atoms with Crippen LogP contribution in [0.15, 0.2) is 22.6 Å². The van der Waals surface area contributed by atoms with Gasteiger partial charge in [-0.1, -0.05) is 12.5 Å². The number of likely N-dealkylation sites (N-methyl/N-ethyl adjacent to an activating group) is 1. The average Bonchev–Trinajstić information content (AvgIpc) is 3.05. The van der Waals surface area contributed by atoms with Crippen LogP contribution in [-0.4, -0.2) is 73.0 Å². The second-order valence-electron chi connectivity index (χ2n) is 8.45. The molecule has 2 unspecified atom stereocenters. The van der Waals surface area contributed by atoms with E-state index in [4.69, 9.17) is 4.42 Å². The van der Waals surface area contributed by atoms with Crippen molar-refractivity contribution in [2.24, 2.45) is 0 Å². The molecule has 2 aromatic rings. The van der Waals surface area contributed by atoms with Crippen molar-refractivity contribution in [3.63, 3.8) is 0 Å². The van der Waals surface area contributed by atoms with E-state index in [1.807, 2.05) is 32.3 Å². The van der Waals surface area contributed by atoms with Gasteiger partial charge in [-0.2, -0.15) is 4.98 Å². The number of para-hydroxylation sites is 1. The summed E-state index contributed by atoms with van der Waals surface area (Å²) >= 11 is 0. The first-order valence-electron chi connectivity index (χ1n) is 10.3. The van der Waals surface area contributed by atoms with E-state index in [0.717, 1.165) is 25.9 Å².